The smallest absolute Gasteiger partial charge is 0.220 e. The molecule has 1 heterocycles. The van der Waals surface area contributed by atoms with Gasteiger partial charge in [-0.2, -0.15) is 0 Å². The second kappa shape index (κ2) is 11.9. The maximum atomic E-state index is 11.5. The summed E-state index contributed by atoms with van der Waals surface area (Å²) in [5, 5.41) is 7.42. The second-order valence-electron chi connectivity index (χ2n) is 6.31. The number of guanidine groups is 1. The van der Waals surface area contributed by atoms with Gasteiger partial charge < -0.3 is 15.5 Å². The first kappa shape index (κ1) is 23.3. The average molecular weight is 513 g/mol. The molecule has 1 aromatic carbocycles. The SMILES string of the molecule is CN=C(NCCc1cc(Cl)cc(Cl)c1)N1CCC(CC(=O)NC)CC1.I. The molecule has 0 radical (unpaired) electrons. The third kappa shape index (κ3) is 7.48. The van der Waals surface area contributed by atoms with E-state index in [1.807, 2.05) is 12.1 Å². The summed E-state index contributed by atoms with van der Waals surface area (Å²) in [5.74, 6) is 1.50. The second-order valence-corrected chi connectivity index (χ2v) is 7.18. The van der Waals surface area contributed by atoms with Crippen molar-refractivity contribution in [1.82, 2.24) is 15.5 Å². The Bertz CT molecular complexity index is 599. The van der Waals surface area contributed by atoms with E-state index in [4.69, 9.17) is 23.2 Å². The lowest BCUT2D eigenvalue weighted by Gasteiger charge is -2.34. The molecule has 0 aromatic heterocycles. The number of amides is 1. The molecule has 0 saturated carbocycles. The van der Waals surface area contributed by atoms with Gasteiger partial charge in [0.25, 0.3) is 0 Å². The van der Waals surface area contributed by atoms with Gasteiger partial charge in [-0.1, -0.05) is 23.2 Å². The number of nitrogens with zero attached hydrogens (tertiary/aromatic N) is 2. The zero-order chi connectivity index (χ0) is 18.2. The van der Waals surface area contributed by atoms with Crippen LogP contribution in [0.1, 0.15) is 24.8 Å². The van der Waals surface area contributed by atoms with Crippen LogP contribution in [0.5, 0.6) is 0 Å². The molecule has 0 aliphatic carbocycles. The number of halogens is 3. The summed E-state index contributed by atoms with van der Waals surface area (Å²) in [5.41, 5.74) is 1.10. The monoisotopic (exact) mass is 512 g/mol. The molecule has 0 spiro atoms. The van der Waals surface area contributed by atoms with Gasteiger partial charge in [0.1, 0.15) is 0 Å². The van der Waals surface area contributed by atoms with Crippen LogP contribution >= 0.6 is 47.2 Å². The number of hydrogen-bond acceptors (Lipinski definition) is 2. The van der Waals surface area contributed by atoms with E-state index < -0.39 is 0 Å². The maximum Gasteiger partial charge on any atom is 0.220 e. The van der Waals surface area contributed by atoms with Gasteiger partial charge in [-0.05, 0) is 48.9 Å². The van der Waals surface area contributed by atoms with Gasteiger partial charge in [0.2, 0.25) is 5.91 Å². The number of piperidine rings is 1. The fourth-order valence-corrected chi connectivity index (χ4v) is 3.69. The predicted molar refractivity (Wildman–Crippen MR) is 120 cm³/mol. The first-order valence-electron chi connectivity index (χ1n) is 8.63. The molecule has 1 amide bonds. The van der Waals surface area contributed by atoms with Gasteiger partial charge >= 0.3 is 0 Å². The molecule has 26 heavy (non-hydrogen) atoms. The molecule has 1 fully saturated rings. The number of likely N-dealkylation sites (tertiary alicyclic amines) is 1. The highest BCUT2D eigenvalue weighted by Crippen LogP contribution is 2.21. The molecule has 1 saturated heterocycles. The molecule has 2 N–H and O–H groups in total. The predicted octanol–water partition coefficient (Wildman–Crippen LogP) is 3.58. The minimum absolute atomic E-state index is 0. The Hall–Kier alpha value is -0.730. The lowest BCUT2D eigenvalue weighted by molar-refractivity contribution is -0.121. The van der Waals surface area contributed by atoms with Crippen molar-refractivity contribution < 1.29 is 4.79 Å². The van der Waals surface area contributed by atoms with Crippen molar-refractivity contribution in [2.24, 2.45) is 10.9 Å². The van der Waals surface area contributed by atoms with Crippen LogP contribution in [-0.4, -0.2) is 50.5 Å². The maximum absolute atomic E-state index is 11.5. The lowest BCUT2D eigenvalue weighted by Crippen LogP contribution is -2.46. The highest BCUT2D eigenvalue weighted by molar-refractivity contribution is 14.0. The van der Waals surface area contributed by atoms with E-state index in [1.165, 1.54) is 0 Å². The van der Waals surface area contributed by atoms with E-state index >= 15 is 0 Å². The van der Waals surface area contributed by atoms with E-state index in [2.05, 4.69) is 20.5 Å². The van der Waals surface area contributed by atoms with Gasteiger partial charge in [-0.3, -0.25) is 9.79 Å². The summed E-state index contributed by atoms with van der Waals surface area (Å²) in [4.78, 5) is 18.1. The van der Waals surface area contributed by atoms with Crippen LogP contribution in [0.2, 0.25) is 10.0 Å². The summed E-state index contributed by atoms with van der Waals surface area (Å²) in [6.07, 6.45) is 3.47. The number of benzene rings is 1. The van der Waals surface area contributed by atoms with E-state index in [9.17, 15) is 4.79 Å². The van der Waals surface area contributed by atoms with E-state index in [-0.39, 0.29) is 29.9 Å². The minimum Gasteiger partial charge on any atom is -0.359 e. The number of hydrogen-bond donors (Lipinski definition) is 2. The van der Waals surface area contributed by atoms with Crippen LogP contribution < -0.4 is 10.6 Å². The number of aliphatic imine (C=N–C) groups is 1. The Morgan fingerprint density at radius 3 is 2.38 bits per heavy atom. The van der Waals surface area contributed by atoms with E-state index in [0.717, 1.165) is 50.4 Å². The molecule has 1 aliphatic heterocycles. The Labute approximate surface area is 182 Å². The molecule has 8 heteroatoms. The summed E-state index contributed by atoms with van der Waals surface area (Å²) in [7, 11) is 3.49. The van der Waals surface area contributed by atoms with Crippen LogP contribution in [0.25, 0.3) is 0 Å². The highest BCUT2D eigenvalue weighted by atomic mass is 127. The van der Waals surface area contributed by atoms with Crippen molar-refractivity contribution in [3.8, 4) is 0 Å². The molecule has 146 valence electrons. The van der Waals surface area contributed by atoms with E-state index in [1.54, 1.807) is 20.2 Å². The Morgan fingerprint density at radius 2 is 1.85 bits per heavy atom. The molecule has 1 aliphatic rings. The first-order valence-corrected chi connectivity index (χ1v) is 9.38. The van der Waals surface area contributed by atoms with Gasteiger partial charge in [0, 0.05) is 50.2 Å². The third-order valence-electron chi connectivity index (χ3n) is 4.50. The first-order chi connectivity index (χ1) is 12.0. The summed E-state index contributed by atoms with van der Waals surface area (Å²) < 4.78 is 0. The molecule has 1 aromatic rings. The number of nitrogens with one attached hydrogen (secondary N) is 2. The minimum atomic E-state index is 0. The normalized spacial score (nSPS) is 15.4. The fourth-order valence-electron chi connectivity index (χ4n) is 3.12. The van der Waals surface area contributed by atoms with Gasteiger partial charge in [0.15, 0.2) is 5.96 Å². The quantitative estimate of drug-likeness (QED) is 0.360. The Balaban J connectivity index is 0.00000338. The summed E-state index contributed by atoms with van der Waals surface area (Å²) in [6, 6.07) is 5.60. The molecule has 0 bridgehead atoms. The molecule has 0 unspecified atom stereocenters. The van der Waals surface area contributed by atoms with Crippen LogP contribution in [0.4, 0.5) is 0 Å². The topological polar surface area (TPSA) is 56.7 Å². The summed E-state index contributed by atoms with van der Waals surface area (Å²) in [6.45, 7) is 2.61. The van der Waals surface area contributed by atoms with Crippen molar-refractivity contribution in [1.29, 1.82) is 0 Å². The van der Waals surface area contributed by atoms with Crippen molar-refractivity contribution in [2.45, 2.75) is 25.7 Å². The van der Waals surface area contributed by atoms with Gasteiger partial charge in [-0.15, -0.1) is 24.0 Å². The standard InChI is InChI=1S/C18H26Cl2N4O.HI/c1-21-17(25)11-13-4-7-24(8-5-13)18(22-2)23-6-3-14-9-15(19)12-16(20)10-14;/h9-10,12-13H,3-8,11H2,1-2H3,(H,21,25)(H,22,23);1H. The molecule has 5 nitrogen and oxygen atoms in total. The fraction of sp³-hybridized carbons (Fsp3) is 0.556. The average Bonchev–Trinajstić information content (AvgIpc) is 2.59. The van der Waals surface area contributed by atoms with Crippen molar-refractivity contribution in [2.75, 3.05) is 33.7 Å². The highest BCUT2D eigenvalue weighted by Gasteiger charge is 2.22. The molecule has 2 rings (SSSR count). The van der Waals surface area contributed by atoms with Gasteiger partial charge in [0.05, 0.1) is 0 Å². The zero-order valence-electron chi connectivity index (χ0n) is 15.2. The largest absolute Gasteiger partial charge is 0.359 e. The van der Waals surface area contributed by atoms with Crippen molar-refractivity contribution in [3.63, 3.8) is 0 Å². The van der Waals surface area contributed by atoms with Crippen LogP contribution in [0, 0.1) is 5.92 Å². The number of carbonyl (C=O) groups is 1. The lowest BCUT2D eigenvalue weighted by atomic mass is 9.93. The number of carbonyl (C=O) groups excluding carboxylic acids is 1. The van der Waals surface area contributed by atoms with Crippen LogP contribution in [0.3, 0.4) is 0 Å². The van der Waals surface area contributed by atoms with Gasteiger partial charge in [-0.25, -0.2) is 0 Å². The van der Waals surface area contributed by atoms with Crippen molar-refractivity contribution >= 4 is 59.0 Å². The van der Waals surface area contributed by atoms with Crippen LogP contribution in [-0.2, 0) is 11.2 Å². The molecular weight excluding hydrogens is 486 g/mol. The molecular formula is C18H27Cl2IN4O. The van der Waals surface area contributed by atoms with Crippen LogP contribution in [0.15, 0.2) is 23.2 Å². The Morgan fingerprint density at radius 1 is 1.23 bits per heavy atom. The van der Waals surface area contributed by atoms with E-state index in [0.29, 0.717) is 22.4 Å². The third-order valence-corrected chi connectivity index (χ3v) is 4.93. The molecule has 0 atom stereocenters. The number of rotatable bonds is 5. The summed E-state index contributed by atoms with van der Waals surface area (Å²) >= 11 is 12.1. The Kier molecular flexibility index (Phi) is 10.6. The van der Waals surface area contributed by atoms with Crippen molar-refractivity contribution in [3.05, 3.63) is 33.8 Å². The zero-order valence-corrected chi connectivity index (χ0v) is 19.1.